The van der Waals surface area contributed by atoms with Crippen molar-refractivity contribution < 1.29 is 8.42 Å². The van der Waals surface area contributed by atoms with Crippen molar-refractivity contribution in [2.24, 2.45) is 7.05 Å². The van der Waals surface area contributed by atoms with Crippen LogP contribution in [0.25, 0.3) is 0 Å². The number of rotatable bonds is 5. The molecule has 0 fully saturated rings. The molecule has 0 unspecified atom stereocenters. The van der Waals surface area contributed by atoms with Crippen molar-refractivity contribution in [2.75, 3.05) is 6.54 Å². The lowest BCUT2D eigenvalue weighted by Crippen LogP contribution is -2.26. The lowest BCUT2D eigenvalue weighted by molar-refractivity contribution is 0.579. The number of halogens is 2. The van der Waals surface area contributed by atoms with E-state index in [4.69, 9.17) is 0 Å². The molecule has 108 valence electrons. The van der Waals surface area contributed by atoms with E-state index in [2.05, 4.69) is 41.7 Å². The fourth-order valence-electron chi connectivity index (χ4n) is 1.72. The van der Waals surface area contributed by atoms with E-state index in [9.17, 15) is 8.42 Å². The van der Waals surface area contributed by atoms with Crippen LogP contribution >= 0.6 is 31.9 Å². The summed E-state index contributed by atoms with van der Waals surface area (Å²) in [4.78, 5) is 0.219. The van der Waals surface area contributed by atoms with Crippen LogP contribution in [0.5, 0.6) is 0 Å². The van der Waals surface area contributed by atoms with Gasteiger partial charge in [-0.1, -0.05) is 15.9 Å². The first-order chi connectivity index (χ1) is 9.40. The van der Waals surface area contributed by atoms with Gasteiger partial charge in [-0.2, -0.15) is 5.10 Å². The second-order valence-corrected chi connectivity index (χ2v) is 7.67. The maximum absolute atomic E-state index is 12.2. The summed E-state index contributed by atoms with van der Waals surface area (Å²) in [6.07, 6.45) is 2.27. The second kappa shape index (κ2) is 6.38. The van der Waals surface area contributed by atoms with Gasteiger partial charge in [0.2, 0.25) is 10.0 Å². The topological polar surface area (TPSA) is 64.0 Å². The molecule has 0 atom stereocenters. The van der Waals surface area contributed by atoms with Crippen LogP contribution in [0.1, 0.15) is 5.69 Å². The zero-order valence-electron chi connectivity index (χ0n) is 10.7. The van der Waals surface area contributed by atoms with E-state index >= 15 is 0 Å². The monoisotopic (exact) mass is 421 g/mol. The van der Waals surface area contributed by atoms with Gasteiger partial charge in [0.05, 0.1) is 4.90 Å². The smallest absolute Gasteiger partial charge is 0.241 e. The van der Waals surface area contributed by atoms with Gasteiger partial charge in [-0.15, -0.1) is 0 Å². The molecular formula is C12H13Br2N3O2S. The number of hydrogen-bond acceptors (Lipinski definition) is 3. The fraction of sp³-hybridized carbons (Fsp3) is 0.250. The molecule has 2 rings (SSSR count). The normalized spacial score (nSPS) is 11.8. The third kappa shape index (κ3) is 3.69. The molecule has 8 heteroatoms. The van der Waals surface area contributed by atoms with Gasteiger partial charge in [-0.3, -0.25) is 4.68 Å². The molecule has 0 aliphatic carbocycles. The summed E-state index contributed by atoms with van der Waals surface area (Å²) in [5, 5.41) is 4.04. The number of hydrogen-bond donors (Lipinski definition) is 1. The minimum Gasteiger partial charge on any atom is -0.273 e. The third-order valence-corrected chi connectivity index (χ3v) is 5.73. The first-order valence-corrected chi connectivity index (χ1v) is 8.88. The van der Waals surface area contributed by atoms with E-state index in [1.807, 2.05) is 13.1 Å². The Kier molecular flexibility index (Phi) is 5.00. The van der Waals surface area contributed by atoms with Crippen LogP contribution in [0.2, 0.25) is 0 Å². The Morgan fingerprint density at radius 1 is 1.30 bits per heavy atom. The van der Waals surface area contributed by atoms with Crippen molar-refractivity contribution in [1.29, 1.82) is 0 Å². The highest BCUT2D eigenvalue weighted by Gasteiger charge is 2.17. The average Bonchev–Trinajstić information content (AvgIpc) is 2.78. The van der Waals surface area contributed by atoms with Gasteiger partial charge in [-0.05, 0) is 40.2 Å². The van der Waals surface area contributed by atoms with Crippen LogP contribution in [0, 0.1) is 0 Å². The number of aryl methyl sites for hydroxylation is 1. The summed E-state index contributed by atoms with van der Waals surface area (Å²) in [6.45, 7) is 0.320. The molecule has 0 spiro atoms. The number of benzene rings is 1. The Hall–Kier alpha value is -0.700. The molecule has 0 saturated heterocycles. The lowest BCUT2D eigenvalue weighted by Gasteiger charge is -2.09. The Morgan fingerprint density at radius 3 is 2.70 bits per heavy atom. The number of nitrogens with zero attached hydrogens (tertiary/aromatic N) is 2. The molecule has 1 aromatic carbocycles. The van der Waals surface area contributed by atoms with E-state index < -0.39 is 10.0 Å². The zero-order chi connectivity index (χ0) is 14.8. The number of nitrogens with one attached hydrogen (secondary N) is 1. The third-order valence-electron chi connectivity index (χ3n) is 2.78. The highest BCUT2D eigenvalue weighted by atomic mass is 79.9. The first kappa shape index (κ1) is 15.7. The van der Waals surface area contributed by atoms with Crippen molar-refractivity contribution >= 4 is 41.9 Å². The summed E-state index contributed by atoms with van der Waals surface area (Å²) in [5.74, 6) is 0. The van der Waals surface area contributed by atoms with Gasteiger partial charge in [0.15, 0.2) is 0 Å². The molecule has 0 saturated carbocycles. The fourth-order valence-corrected chi connectivity index (χ4v) is 4.25. The molecule has 1 N–H and O–H groups in total. The molecule has 1 aromatic heterocycles. The minimum absolute atomic E-state index is 0.219. The number of aromatic nitrogens is 2. The van der Waals surface area contributed by atoms with Crippen LogP contribution in [0.15, 0.2) is 44.3 Å². The molecule has 0 bridgehead atoms. The predicted octanol–water partition coefficient (Wildman–Crippen LogP) is 2.47. The van der Waals surface area contributed by atoms with Crippen molar-refractivity contribution in [3.8, 4) is 0 Å². The molecule has 0 aliphatic rings. The zero-order valence-corrected chi connectivity index (χ0v) is 14.7. The predicted molar refractivity (Wildman–Crippen MR) is 83.9 cm³/mol. The van der Waals surface area contributed by atoms with Crippen LogP contribution in [-0.2, 0) is 23.5 Å². The van der Waals surface area contributed by atoms with Crippen molar-refractivity contribution in [3.63, 3.8) is 0 Å². The maximum atomic E-state index is 12.2. The molecule has 5 nitrogen and oxygen atoms in total. The molecule has 0 radical (unpaired) electrons. The molecule has 0 amide bonds. The first-order valence-electron chi connectivity index (χ1n) is 5.82. The largest absolute Gasteiger partial charge is 0.273 e. The Morgan fingerprint density at radius 2 is 2.05 bits per heavy atom. The van der Waals surface area contributed by atoms with Gasteiger partial charge in [0.25, 0.3) is 0 Å². The van der Waals surface area contributed by atoms with E-state index in [1.165, 1.54) is 0 Å². The maximum Gasteiger partial charge on any atom is 0.241 e. The summed E-state index contributed by atoms with van der Waals surface area (Å²) >= 11 is 6.53. The highest BCUT2D eigenvalue weighted by Crippen LogP contribution is 2.25. The second-order valence-electron chi connectivity index (χ2n) is 4.17. The minimum atomic E-state index is -3.54. The Labute approximate surface area is 134 Å². The van der Waals surface area contributed by atoms with E-state index in [0.29, 0.717) is 21.9 Å². The van der Waals surface area contributed by atoms with Crippen LogP contribution < -0.4 is 4.72 Å². The van der Waals surface area contributed by atoms with Gasteiger partial charge in [-0.25, -0.2) is 13.1 Å². The number of sulfonamides is 1. The Bertz CT molecular complexity index is 713. The van der Waals surface area contributed by atoms with Crippen molar-refractivity contribution in [2.45, 2.75) is 11.3 Å². The summed E-state index contributed by atoms with van der Waals surface area (Å²) < 4.78 is 30.0. The lowest BCUT2D eigenvalue weighted by atomic mass is 10.3. The highest BCUT2D eigenvalue weighted by molar-refractivity contribution is 9.11. The molecule has 20 heavy (non-hydrogen) atoms. The van der Waals surface area contributed by atoms with Gasteiger partial charge in [0, 0.05) is 40.8 Å². The Balaban J connectivity index is 2.08. The quantitative estimate of drug-likeness (QED) is 0.804. The van der Waals surface area contributed by atoms with E-state index in [1.54, 1.807) is 29.1 Å². The summed E-state index contributed by atoms with van der Waals surface area (Å²) in [7, 11) is -1.71. The van der Waals surface area contributed by atoms with Gasteiger partial charge >= 0.3 is 0 Å². The van der Waals surface area contributed by atoms with Gasteiger partial charge in [0.1, 0.15) is 0 Å². The summed E-state index contributed by atoms with van der Waals surface area (Å²) in [5.41, 5.74) is 0.973. The SMILES string of the molecule is Cn1nccc1CCNS(=O)(=O)c1cc(Br)ccc1Br. The van der Waals surface area contributed by atoms with Crippen LogP contribution in [0.3, 0.4) is 0 Å². The molecular weight excluding hydrogens is 410 g/mol. The van der Waals surface area contributed by atoms with Crippen LogP contribution in [-0.4, -0.2) is 24.7 Å². The van der Waals surface area contributed by atoms with Crippen molar-refractivity contribution in [3.05, 3.63) is 45.1 Å². The summed E-state index contributed by atoms with van der Waals surface area (Å²) in [6, 6.07) is 6.90. The standard InChI is InChI=1S/C12H13Br2N3O2S/c1-17-10(4-6-15-17)5-7-16-20(18,19)12-8-9(13)2-3-11(12)14/h2-4,6,8,16H,5,7H2,1H3. The van der Waals surface area contributed by atoms with Gasteiger partial charge < -0.3 is 0 Å². The molecule has 2 aromatic rings. The average molecular weight is 423 g/mol. The van der Waals surface area contributed by atoms with Crippen LogP contribution in [0.4, 0.5) is 0 Å². The van der Waals surface area contributed by atoms with E-state index in [-0.39, 0.29) is 4.90 Å². The molecule has 0 aliphatic heterocycles. The van der Waals surface area contributed by atoms with Crippen molar-refractivity contribution in [1.82, 2.24) is 14.5 Å². The molecule has 1 heterocycles. The van der Waals surface area contributed by atoms with E-state index in [0.717, 1.165) is 5.69 Å².